The van der Waals surface area contributed by atoms with Crippen molar-refractivity contribution in [2.45, 2.75) is 70.9 Å². The largest absolute Gasteiger partial charge is 0.493 e. The molecule has 1 aromatic carbocycles. The van der Waals surface area contributed by atoms with Gasteiger partial charge >= 0.3 is 0 Å². The minimum atomic E-state index is -0.405. The lowest BCUT2D eigenvalue weighted by Gasteiger charge is -2.26. The third kappa shape index (κ3) is 11.0. The van der Waals surface area contributed by atoms with E-state index in [-0.39, 0.29) is 24.4 Å². The predicted molar refractivity (Wildman–Crippen MR) is 125 cm³/mol. The molecule has 32 heavy (non-hydrogen) atoms. The van der Waals surface area contributed by atoms with Crippen LogP contribution in [0.3, 0.4) is 0 Å². The first-order valence-electron chi connectivity index (χ1n) is 10.9. The quantitative estimate of drug-likeness (QED) is 0.349. The molecule has 6 N–H and O–H groups in total. The second kappa shape index (κ2) is 14.3. The zero-order valence-electron chi connectivity index (χ0n) is 19.6. The maximum absolute atomic E-state index is 11.5. The number of benzene rings is 1. The van der Waals surface area contributed by atoms with E-state index in [0.717, 1.165) is 37.7 Å². The minimum Gasteiger partial charge on any atom is -0.493 e. The molecule has 0 saturated heterocycles. The average molecular weight is 451 g/mol. The van der Waals surface area contributed by atoms with Crippen molar-refractivity contribution in [2.24, 2.45) is 22.4 Å². The number of hydrogen-bond donors (Lipinski definition) is 4. The number of rotatable bonds is 8. The van der Waals surface area contributed by atoms with Gasteiger partial charge < -0.3 is 31.4 Å². The van der Waals surface area contributed by atoms with Crippen LogP contribution in [0, 0.1) is 5.92 Å². The number of carbonyl (C=O) groups is 2. The van der Waals surface area contributed by atoms with Crippen molar-refractivity contribution in [1.29, 1.82) is 0 Å². The molecule has 1 aliphatic rings. The van der Waals surface area contributed by atoms with Crippen molar-refractivity contribution in [3.8, 4) is 11.5 Å². The van der Waals surface area contributed by atoms with Gasteiger partial charge in [-0.25, -0.2) is 0 Å². The topological polar surface area (TPSA) is 149 Å². The lowest BCUT2D eigenvalue weighted by Crippen LogP contribution is -2.38. The van der Waals surface area contributed by atoms with Crippen LogP contribution in [0.1, 0.15) is 57.9 Å². The average Bonchev–Trinajstić information content (AvgIpc) is 2.73. The van der Waals surface area contributed by atoms with Gasteiger partial charge in [-0.3, -0.25) is 9.59 Å². The first-order chi connectivity index (χ1) is 15.1. The zero-order chi connectivity index (χ0) is 24.1. The second-order valence-corrected chi connectivity index (χ2v) is 8.30. The van der Waals surface area contributed by atoms with Crippen molar-refractivity contribution in [3.05, 3.63) is 23.8 Å². The maximum Gasteiger partial charge on any atom is 0.253 e. The molecule has 0 unspecified atom stereocenters. The van der Waals surface area contributed by atoms with Crippen molar-refractivity contribution >= 4 is 17.8 Å². The molecule has 0 radical (unpaired) electrons. The zero-order valence-corrected chi connectivity index (χ0v) is 19.6. The molecular weight excluding hydrogens is 412 g/mol. The normalized spacial score (nSPS) is 17.6. The Morgan fingerprint density at radius 3 is 2.28 bits per heavy atom. The summed E-state index contributed by atoms with van der Waals surface area (Å²) in [6, 6.07) is 5.48. The molecule has 2 amide bonds. The molecule has 1 saturated carbocycles. The van der Waals surface area contributed by atoms with Crippen molar-refractivity contribution in [1.82, 2.24) is 5.32 Å². The number of methoxy groups -OCH3 is 2. The summed E-state index contributed by atoms with van der Waals surface area (Å²) in [5.74, 6) is 1.27. The fourth-order valence-electron chi connectivity index (χ4n) is 3.29. The number of hydrogen-bond acceptors (Lipinski definition) is 5. The fraction of sp³-hybridized carbons (Fsp3) is 0.609. The number of nitrogens with zero attached hydrogens (tertiary/aromatic N) is 1. The molecule has 0 aromatic heterocycles. The summed E-state index contributed by atoms with van der Waals surface area (Å²) in [7, 11) is 3.07. The summed E-state index contributed by atoms with van der Waals surface area (Å²) in [5.41, 5.74) is 11.0. The van der Waals surface area contributed by atoms with Crippen LogP contribution in [-0.2, 0) is 16.0 Å². The molecule has 0 atom stereocenters. The van der Waals surface area contributed by atoms with Gasteiger partial charge in [0, 0.05) is 12.5 Å². The summed E-state index contributed by atoms with van der Waals surface area (Å²) in [5, 5.41) is 12.4. The van der Waals surface area contributed by atoms with Crippen LogP contribution < -0.4 is 26.3 Å². The highest BCUT2D eigenvalue weighted by molar-refractivity contribution is 5.92. The Morgan fingerprint density at radius 2 is 1.75 bits per heavy atom. The molecule has 180 valence electrons. The van der Waals surface area contributed by atoms with E-state index < -0.39 is 5.91 Å². The van der Waals surface area contributed by atoms with E-state index in [2.05, 4.69) is 24.2 Å². The van der Waals surface area contributed by atoms with Crippen molar-refractivity contribution in [2.75, 3.05) is 14.2 Å². The lowest BCUT2D eigenvalue weighted by molar-refractivity contribution is -0.122. The molecule has 1 fully saturated rings. The molecule has 0 bridgehead atoms. The highest BCUT2D eigenvalue weighted by Crippen LogP contribution is 2.27. The lowest BCUT2D eigenvalue weighted by atomic mass is 9.93. The molecule has 2 rings (SSSR count). The smallest absolute Gasteiger partial charge is 0.253 e. The number of ether oxygens (including phenoxy) is 2. The van der Waals surface area contributed by atoms with Gasteiger partial charge in [-0.1, -0.05) is 19.9 Å². The monoisotopic (exact) mass is 450 g/mol. The van der Waals surface area contributed by atoms with Crippen LogP contribution in [0.25, 0.3) is 0 Å². The van der Waals surface area contributed by atoms with Crippen LogP contribution in [-0.4, -0.2) is 49.2 Å². The van der Waals surface area contributed by atoms with Crippen molar-refractivity contribution < 1.29 is 24.2 Å². The number of aliphatic imine (C=N–C) groups is 1. The summed E-state index contributed by atoms with van der Waals surface area (Å²) in [6.07, 6.45) is 5.07. The molecule has 0 spiro atoms. The van der Waals surface area contributed by atoms with E-state index in [0.29, 0.717) is 29.9 Å². The predicted octanol–water partition coefficient (Wildman–Crippen LogP) is 1.89. The molecule has 1 aliphatic carbocycles. The fourth-order valence-corrected chi connectivity index (χ4v) is 3.29. The molecular formula is C23H38N4O5. The molecule has 9 nitrogen and oxygen atoms in total. The Balaban J connectivity index is 0.000000323. The van der Waals surface area contributed by atoms with Crippen LogP contribution in [0.2, 0.25) is 0 Å². The number of nitrogens with two attached hydrogens (primary N) is 2. The van der Waals surface area contributed by atoms with E-state index in [4.69, 9.17) is 20.9 Å². The summed E-state index contributed by atoms with van der Waals surface area (Å²) < 4.78 is 10.2. The number of nitrogens with one attached hydrogen (secondary N) is 1. The van der Waals surface area contributed by atoms with Crippen LogP contribution >= 0.6 is 0 Å². The van der Waals surface area contributed by atoms with E-state index in [1.165, 1.54) is 7.11 Å². The summed E-state index contributed by atoms with van der Waals surface area (Å²) >= 11 is 0. The van der Waals surface area contributed by atoms with Gasteiger partial charge in [-0.2, -0.15) is 4.99 Å². The SMILES string of the molecule is CC(C)CCC(=O)NC1CCC(O)CC1.COc1ccc(CC(=O)N=C(N)N)cc1OC. The van der Waals surface area contributed by atoms with Gasteiger partial charge in [0.15, 0.2) is 17.5 Å². The van der Waals surface area contributed by atoms with E-state index in [1.807, 2.05) is 0 Å². The molecule has 9 heteroatoms. The Kier molecular flexibility index (Phi) is 12.2. The summed E-state index contributed by atoms with van der Waals surface area (Å²) in [4.78, 5) is 26.3. The molecule has 0 heterocycles. The van der Waals surface area contributed by atoms with Crippen molar-refractivity contribution in [3.63, 3.8) is 0 Å². The Bertz CT molecular complexity index is 755. The van der Waals surface area contributed by atoms with Gasteiger partial charge in [-0.05, 0) is 55.7 Å². The summed E-state index contributed by atoms with van der Waals surface area (Å²) in [6.45, 7) is 4.26. The van der Waals surface area contributed by atoms with Gasteiger partial charge in [-0.15, -0.1) is 0 Å². The first-order valence-corrected chi connectivity index (χ1v) is 10.9. The van der Waals surface area contributed by atoms with Gasteiger partial charge in [0.05, 0.1) is 26.7 Å². The van der Waals surface area contributed by atoms with E-state index in [9.17, 15) is 14.7 Å². The number of carbonyl (C=O) groups excluding carboxylic acids is 2. The van der Waals surface area contributed by atoms with Gasteiger partial charge in [0.25, 0.3) is 5.91 Å². The van der Waals surface area contributed by atoms with E-state index >= 15 is 0 Å². The number of guanidine groups is 1. The maximum atomic E-state index is 11.5. The third-order valence-corrected chi connectivity index (χ3v) is 5.07. The highest BCUT2D eigenvalue weighted by Gasteiger charge is 2.20. The third-order valence-electron chi connectivity index (χ3n) is 5.07. The minimum absolute atomic E-state index is 0.109. The van der Waals surface area contributed by atoms with Gasteiger partial charge in [0.2, 0.25) is 5.91 Å². The number of aliphatic hydroxyl groups excluding tert-OH is 1. The number of aliphatic hydroxyl groups is 1. The number of amides is 2. The molecule has 1 aromatic rings. The Hall–Kier alpha value is -2.81. The van der Waals surface area contributed by atoms with Crippen LogP contribution in [0.15, 0.2) is 23.2 Å². The Labute approximate surface area is 190 Å². The molecule has 0 aliphatic heterocycles. The first kappa shape index (κ1) is 27.2. The highest BCUT2D eigenvalue weighted by atomic mass is 16.5. The van der Waals surface area contributed by atoms with Gasteiger partial charge in [0.1, 0.15) is 0 Å². The van der Waals surface area contributed by atoms with Crippen LogP contribution in [0.5, 0.6) is 11.5 Å². The van der Waals surface area contributed by atoms with E-state index in [1.54, 1.807) is 25.3 Å². The Morgan fingerprint density at radius 1 is 1.12 bits per heavy atom. The second-order valence-electron chi connectivity index (χ2n) is 8.30. The standard InChI is InChI=1S/C12H23NO2.C11H15N3O3/c1-9(2)3-8-12(15)13-10-4-6-11(14)7-5-10;1-16-8-4-3-7(5-9(8)17-2)6-10(15)14-11(12)13/h9-11,14H,3-8H2,1-2H3,(H,13,15);3-5H,6H2,1-2H3,(H4,12,13,14,15). The van der Waals surface area contributed by atoms with Crippen LogP contribution in [0.4, 0.5) is 0 Å².